The van der Waals surface area contributed by atoms with Crippen LogP contribution in [-0.4, -0.2) is 24.1 Å². The number of sulfone groups is 1. The molecule has 17 heavy (non-hydrogen) atoms. The molecule has 0 saturated carbocycles. The minimum atomic E-state index is -3.64. The largest absolute Gasteiger partial charge is 0.243 e. The molecule has 0 aliphatic heterocycles. The van der Waals surface area contributed by atoms with Gasteiger partial charge in [0, 0.05) is 11.8 Å². The van der Waals surface area contributed by atoms with E-state index in [1.54, 1.807) is 18.2 Å². The fourth-order valence-corrected chi connectivity index (χ4v) is 3.05. The Morgan fingerprint density at radius 1 is 1.18 bits per heavy atom. The summed E-state index contributed by atoms with van der Waals surface area (Å²) in [6.45, 7) is 0. The van der Waals surface area contributed by atoms with Crippen molar-refractivity contribution in [2.75, 3.05) is 5.33 Å². The number of rotatable bonds is 4. The van der Waals surface area contributed by atoms with Crippen molar-refractivity contribution in [3.63, 3.8) is 0 Å². The third kappa shape index (κ3) is 2.39. The lowest BCUT2D eigenvalue weighted by Crippen LogP contribution is -2.06. The molecule has 2 aromatic rings. The number of aryl methyl sites for hydroxylation is 1. The molecule has 0 atom stereocenters. The first kappa shape index (κ1) is 12.3. The molecule has 0 aliphatic rings. The van der Waals surface area contributed by atoms with Crippen molar-refractivity contribution in [2.45, 2.75) is 16.3 Å². The van der Waals surface area contributed by atoms with E-state index in [4.69, 9.17) is 0 Å². The van der Waals surface area contributed by atoms with Gasteiger partial charge < -0.3 is 0 Å². The summed E-state index contributed by atoms with van der Waals surface area (Å²) in [5.74, 6) is 0. The first-order valence-electron chi connectivity index (χ1n) is 4.84. The quantitative estimate of drug-likeness (QED) is 0.805. The van der Waals surface area contributed by atoms with Crippen molar-refractivity contribution < 1.29 is 13.0 Å². The maximum absolute atomic E-state index is 12.2. The molecule has 7 heteroatoms. The van der Waals surface area contributed by atoms with E-state index in [0.717, 1.165) is 0 Å². The van der Waals surface area contributed by atoms with Gasteiger partial charge in [0.2, 0.25) is 14.9 Å². The monoisotopic (exact) mass is 316 g/mol. The summed E-state index contributed by atoms with van der Waals surface area (Å²) in [7, 11) is -3.64. The molecule has 0 fully saturated rings. The second kappa shape index (κ2) is 4.97. The molecule has 0 N–H and O–H groups in total. The van der Waals surface area contributed by atoms with E-state index in [1.807, 2.05) is 0 Å². The summed E-state index contributed by atoms with van der Waals surface area (Å²) in [6, 6.07) is 8.10. The standard InChI is InChI=1S/C10H9BrN2O3S/c11-7-6-9-10(13-16-12-9)17(14,15)8-4-2-1-3-5-8/h1-5H,6-7H2. The van der Waals surface area contributed by atoms with Crippen LogP contribution < -0.4 is 0 Å². The van der Waals surface area contributed by atoms with Gasteiger partial charge in [-0.05, 0) is 17.3 Å². The average molecular weight is 317 g/mol. The molecule has 1 heterocycles. The van der Waals surface area contributed by atoms with Gasteiger partial charge >= 0.3 is 0 Å². The van der Waals surface area contributed by atoms with Gasteiger partial charge in [0.15, 0.2) is 0 Å². The van der Waals surface area contributed by atoms with E-state index in [2.05, 4.69) is 30.9 Å². The van der Waals surface area contributed by atoms with E-state index in [0.29, 0.717) is 17.4 Å². The zero-order valence-electron chi connectivity index (χ0n) is 8.71. The van der Waals surface area contributed by atoms with E-state index >= 15 is 0 Å². The summed E-state index contributed by atoms with van der Waals surface area (Å²) >= 11 is 3.22. The minimum Gasteiger partial charge on any atom is -0.243 e. The lowest BCUT2D eigenvalue weighted by Gasteiger charge is -2.00. The third-order valence-electron chi connectivity index (χ3n) is 2.16. The number of hydrogen-bond acceptors (Lipinski definition) is 5. The highest BCUT2D eigenvalue weighted by atomic mass is 79.9. The van der Waals surface area contributed by atoms with Crippen LogP contribution in [0.4, 0.5) is 0 Å². The highest BCUT2D eigenvalue weighted by Gasteiger charge is 2.26. The van der Waals surface area contributed by atoms with Crippen molar-refractivity contribution in [3.05, 3.63) is 36.0 Å². The normalized spacial score (nSPS) is 11.6. The van der Waals surface area contributed by atoms with Gasteiger partial charge in [-0.25, -0.2) is 13.0 Å². The molecule has 0 amide bonds. The van der Waals surface area contributed by atoms with Gasteiger partial charge in [-0.1, -0.05) is 39.3 Å². The van der Waals surface area contributed by atoms with E-state index in [9.17, 15) is 8.42 Å². The number of aromatic nitrogens is 2. The minimum absolute atomic E-state index is 0.108. The molecule has 0 spiro atoms. The third-order valence-corrected chi connectivity index (χ3v) is 4.27. The summed E-state index contributed by atoms with van der Waals surface area (Å²) in [5.41, 5.74) is 0.339. The van der Waals surface area contributed by atoms with Crippen molar-refractivity contribution in [1.29, 1.82) is 0 Å². The summed E-state index contributed by atoms with van der Waals surface area (Å²) in [5, 5.41) is 7.58. The SMILES string of the molecule is O=S(=O)(c1ccccc1)c1nonc1CCBr. The number of hydrogen-bond donors (Lipinski definition) is 0. The first-order valence-corrected chi connectivity index (χ1v) is 7.44. The van der Waals surface area contributed by atoms with Crippen LogP contribution >= 0.6 is 15.9 Å². The average Bonchev–Trinajstić information content (AvgIpc) is 2.80. The second-order valence-corrected chi connectivity index (χ2v) is 5.93. The van der Waals surface area contributed by atoms with Gasteiger partial charge in [-0.15, -0.1) is 0 Å². The molecular weight excluding hydrogens is 308 g/mol. The van der Waals surface area contributed by atoms with Crippen LogP contribution in [0.15, 0.2) is 44.9 Å². The summed E-state index contributed by atoms with van der Waals surface area (Å²) in [6.07, 6.45) is 0.449. The zero-order chi connectivity index (χ0) is 12.3. The Balaban J connectivity index is 2.49. The van der Waals surface area contributed by atoms with Crippen LogP contribution in [0, 0.1) is 0 Å². The fraction of sp³-hybridized carbons (Fsp3) is 0.200. The van der Waals surface area contributed by atoms with E-state index < -0.39 is 9.84 Å². The Labute approximate surface area is 107 Å². The molecule has 1 aromatic carbocycles. The number of benzene rings is 1. The van der Waals surface area contributed by atoms with Gasteiger partial charge in [0.1, 0.15) is 5.69 Å². The maximum atomic E-state index is 12.2. The van der Waals surface area contributed by atoms with Gasteiger partial charge in [-0.2, -0.15) is 0 Å². The lowest BCUT2D eigenvalue weighted by molar-refractivity contribution is 0.295. The van der Waals surface area contributed by atoms with Crippen LogP contribution in [0.3, 0.4) is 0 Å². The topological polar surface area (TPSA) is 73.1 Å². The molecule has 1 aromatic heterocycles. The highest BCUT2D eigenvalue weighted by molar-refractivity contribution is 9.09. The zero-order valence-corrected chi connectivity index (χ0v) is 11.1. The van der Waals surface area contributed by atoms with Crippen molar-refractivity contribution in [1.82, 2.24) is 10.3 Å². The lowest BCUT2D eigenvalue weighted by atomic mass is 10.4. The highest BCUT2D eigenvalue weighted by Crippen LogP contribution is 2.21. The molecule has 0 radical (unpaired) electrons. The fourth-order valence-electron chi connectivity index (χ4n) is 1.36. The van der Waals surface area contributed by atoms with Gasteiger partial charge in [0.05, 0.1) is 4.90 Å². The van der Waals surface area contributed by atoms with Crippen LogP contribution in [0.1, 0.15) is 5.69 Å². The number of alkyl halides is 1. The maximum Gasteiger partial charge on any atom is 0.229 e. The predicted octanol–water partition coefficient (Wildman–Crippen LogP) is 1.84. The van der Waals surface area contributed by atoms with Gasteiger partial charge in [0.25, 0.3) is 0 Å². The Hall–Kier alpha value is -1.21. The Morgan fingerprint density at radius 2 is 1.88 bits per heavy atom. The van der Waals surface area contributed by atoms with Crippen LogP contribution in [-0.2, 0) is 16.3 Å². The smallest absolute Gasteiger partial charge is 0.229 e. The van der Waals surface area contributed by atoms with Crippen LogP contribution in [0.5, 0.6) is 0 Å². The molecule has 5 nitrogen and oxygen atoms in total. The summed E-state index contributed by atoms with van der Waals surface area (Å²) < 4.78 is 28.9. The van der Waals surface area contributed by atoms with E-state index in [1.165, 1.54) is 12.1 Å². The molecule has 0 bridgehead atoms. The number of nitrogens with zero attached hydrogens (tertiary/aromatic N) is 2. The first-order chi connectivity index (χ1) is 8.16. The van der Waals surface area contributed by atoms with Crippen molar-refractivity contribution in [2.24, 2.45) is 0 Å². The van der Waals surface area contributed by atoms with E-state index in [-0.39, 0.29) is 9.92 Å². The predicted molar refractivity (Wildman–Crippen MR) is 63.7 cm³/mol. The molecule has 0 aliphatic carbocycles. The van der Waals surface area contributed by atoms with Crippen LogP contribution in [0.2, 0.25) is 0 Å². The van der Waals surface area contributed by atoms with Gasteiger partial charge in [-0.3, -0.25) is 0 Å². The van der Waals surface area contributed by atoms with Crippen molar-refractivity contribution in [3.8, 4) is 0 Å². The summed E-state index contributed by atoms with van der Waals surface area (Å²) in [4.78, 5) is 0.187. The Bertz CT molecular complexity index is 595. The Kier molecular flexibility index (Phi) is 3.58. The second-order valence-electron chi connectivity index (χ2n) is 3.27. The molecule has 0 unspecified atom stereocenters. The molecule has 0 saturated heterocycles. The van der Waals surface area contributed by atoms with Crippen LogP contribution in [0.25, 0.3) is 0 Å². The molecule has 90 valence electrons. The molecular formula is C10H9BrN2O3S. The van der Waals surface area contributed by atoms with Crippen molar-refractivity contribution >= 4 is 25.8 Å². The Morgan fingerprint density at radius 3 is 2.53 bits per heavy atom. The molecule has 2 rings (SSSR count). The number of halogens is 1.